The molecule has 0 N–H and O–H groups in total. The molecule has 4 aromatic carbocycles. The van der Waals surface area contributed by atoms with Gasteiger partial charge in [0.2, 0.25) is 5.91 Å². The molecule has 0 saturated heterocycles. The lowest BCUT2D eigenvalue weighted by atomic mass is 9.58. The zero-order chi connectivity index (χ0) is 23.3. The van der Waals surface area contributed by atoms with Crippen LogP contribution in [0.25, 0.3) is 0 Å². The number of carbonyl (C=O) groups is 2. The lowest BCUT2D eigenvalue weighted by Gasteiger charge is -2.41. The molecule has 1 aliphatic heterocycles. The Bertz CT molecular complexity index is 1410. The van der Waals surface area contributed by atoms with Crippen molar-refractivity contribution >= 4 is 17.4 Å². The fraction of sp³-hybridized carbons (Fsp3) is 0.133. The SMILES string of the molecule is O=C1C[C@@H](c2ccc(F)cc2)[C@]2(C(=O)N(Cc3ccccc3)c3ccccc32)c2ccccc21. The van der Waals surface area contributed by atoms with Gasteiger partial charge in [0.25, 0.3) is 0 Å². The maximum atomic E-state index is 14.6. The topological polar surface area (TPSA) is 37.4 Å². The number of fused-ring (bicyclic) bond motifs is 4. The Morgan fingerprint density at radius 2 is 1.41 bits per heavy atom. The third kappa shape index (κ3) is 2.88. The van der Waals surface area contributed by atoms with Gasteiger partial charge in [-0.15, -0.1) is 0 Å². The van der Waals surface area contributed by atoms with E-state index in [2.05, 4.69) is 0 Å². The molecule has 4 heteroatoms. The van der Waals surface area contributed by atoms with Crippen molar-refractivity contribution in [3.05, 3.63) is 137 Å². The largest absolute Gasteiger partial charge is 0.307 e. The van der Waals surface area contributed by atoms with Gasteiger partial charge in [-0.3, -0.25) is 9.59 Å². The normalized spacial score (nSPS) is 21.0. The second-order valence-electron chi connectivity index (χ2n) is 8.98. The third-order valence-electron chi connectivity index (χ3n) is 7.22. The maximum Gasteiger partial charge on any atom is 0.243 e. The summed E-state index contributed by atoms with van der Waals surface area (Å²) >= 11 is 0. The van der Waals surface area contributed by atoms with Crippen LogP contribution in [0.4, 0.5) is 10.1 Å². The van der Waals surface area contributed by atoms with Crippen molar-refractivity contribution < 1.29 is 14.0 Å². The smallest absolute Gasteiger partial charge is 0.243 e. The fourth-order valence-electron chi connectivity index (χ4n) is 5.77. The number of hydrogen-bond donors (Lipinski definition) is 0. The van der Waals surface area contributed by atoms with Crippen molar-refractivity contribution in [3.63, 3.8) is 0 Å². The molecule has 0 radical (unpaired) electrons. The van der Waals surface area contributed by atoms with Gasteiger partial charge in [-0.05, 0) is 40.5 Å². The van der Waals surface area contributed by atoms with E-state index in [1.54, 1.807) is 12.1 Å². The van der Waals surface area contributed by atoms with E-state index in [9.17, 15) is 14.0 Å². The Morgan fingerprint density at radius 3 is 2.18 bits per heavy atom. The summed E-state index contributed by atoms with van der Waals surface area (Å²) in [5, 5.41) is 0. The lowest BCUT2D eigenvalue weighted by molar-refractivity contribution is -0.122. The van der Waals surface area contributed by atoms with Gasteiger partial charge in [0, 0.05) is 23.6 Å². The molecule has 0 fully saturated rings. The van der Waals surface area contributed by atoms with Crippen molar-refractivity contribution in [1.82, 2.24) is 0 Å². The summed E-state index contributed by atoms with van der Waals surface area (Å²) in [4.78, 5) is 29.7. The van der Waals surface area contributed by atoms with Gasteiger partial charge < -0.3 is 4.90 Å². The Morgan fingerprint density at radius 1 is 0.765 bits per heavy atom. The highest BCUT2D eigenvalue weighted by atomic mass is 19.1. The summed E-state index contributed by atoms with van der Waals surface area (Å²) in [5.74, 6) is -0.830. The molecular formula is C30H22FNO2. The second-order valence-corrected chi connectivity index (χ2v) is 8.98. The van der Waals surface area contributed by atoms with Gasteiger partial charge in [-0.1, -0.05) is 84.9 Å². The number of halogens is 1. The molecule has 4 aromatic rings. The number of amides is 1. The zero-order valence-electron chi connectivity index (χ0n) is 18.4. The molecule has 3 nitrogen and oxygen atoms in total. The maximum absolute atomic E-state index is 14.6. The lowest BCUT2D eigenvalue weighted by Crippen LogP contribution is -2.49. The third-order valence-corrected chi connectivity index (χ3v) is 7.22. The molecule has 0 saturated carbocycles. The van der Waals surface area contributed by atoms with E-state index in [-0.39, 0.29) is 23.9 Å². The number of nitrogens with zero attached hydrogens (tertiary/aromatic N) is 1. The van der Waals surface area contributed by atoms with E-state index in [0.29, 0.717) is 12.1 Å². The van der Waals surface area contributed by atoms with Crippen LogP contribution in [-0.2, 0) is 16.8 Å². The first kappa shape index (κ1) is 20.5. The first-order chi connectivity index (χ1) is 16.6. The molecule has 1 amide bonds. The van der Waals surface area contributed by atoms with Gasteiger partial charge >= 0.3 is 0 Å². The minimum Gasteiger partial charge on any atom is -0.307 e. The molecule has 34 heavy (non-hydrogen) atoms. The van der Waals surface area contributed by atoms with E-state index in [1.165, 1.54) is 12.1 Å². The van der Waals surface area contributed by atoms with Crippen molar-refractivity contribution in [2.45, 2.75) is 24.3 Å². The quantitative estimate of drug-likeness (QED) is 0.385. The van der Waals surface area contributed by atoms with Crippen molar-refractivity contribution in [1.29, 1.82) is 0 Å². The highest BCUT2D eigenvalue weighted by Crippen LogP contribution is 2.58. The molecule has 0 bridgehead atoms. The predicted octanol–water partition coefficient (Wildman–Crippen LogP) is 6.03. The average molecular weight is 448 g/mol. The van der Waals surface area contributed by atoms with E-state index >= 15 is 0 Å². The molecule has 1 aliphatic carbocycles. The average Bonchev–Trinajstić information content (AvgIpc) is 3.11. The van der Waals surface area contributed by atoms with Crippen LogP contribution in [0, 0.1) is 5.82 Å². The number of ketones is 1. The first-order valence-corrected chi connectivity index (χ1v) is 11.4. The van der Waals surface area contributed by atoms with Gasteiger partial charge in [-0.2, -0.15) is 0 Å². The molecule has 0 unspecified atom stereocenters. The van der Waals surface area contributed by atoms with Gasteiger partial charge in [0.05, 0.1) is 6.54 Å². The number of anilines is 1. The Labute approximate surface area is 197 Å². The van der Waals surface area contributed by atoms with Crippen molar-refractivity contribution in [3.8, 4) is 0 Å². The van der Waals surface area contributed by atoms with Crippen LogP contribution in [0.2, 0.25) is 0 Å². The molecule has 2 atom stereocenters. The van der Waals surface area contributed by atoms with Gasteiger partial charge in [0.1, 0.15) is 11.2 Å². The van der Waals surface area contributed by atoms with Crippen LogP contribution in [0.5, 0.6) is 0 Å². The summed E-state index contributed by atoms with van der Waals surface area (Å²) in [6.45, 7) is 0.435. The van der Waals surface area contributed by atoms with Crippen LogP contribution < -0.4 is 4.90 Å². The molecule has 1 heterocycles. The van der Waals surface area contributed by atoms with E-state index in [0.717, 1.165) is 27.9 Å². The molecule has 2 aliphatic rings. The highest BCUT2D eigenvalue weighted by molar-refractivity contribution is 6.15. The van der Waals surface area contributed by atoms with Crippen molar-refractivity contribution in [2.24, 2.45) is 0 Å². The van der Waals surface area contributed by atoms with Crippen LogP contribution in [0.15, 0.2) is 103 Å². The summed E-state index contributed by atoms with van der Waals surface area (Å²) in [6, 6.07) is 31.4. The van der Waals surface area contributed by atoms with Crippen molar-refractivity contribution in [2.75, 3.05) is 4.90 Å². The number of Topliss-reactive ketones (excluding diaryl/α,β-unsaturated/α-hetero) is 1. The zero-order valence-corrected chi connectivity index (χ0v) is 18.4. The van der Waals surface area contributed by atoms with Gasteiger partial charge in [-0.25, -0.2) is 4.39 Å². The highest BCUT2D eigenvalue weighted by Gasteiger charge is 2.60. The number of carbonyl (C=O) groups excluding carboxylic acids is 2. The Hall–Kier alpha value is -4.05. The molecule has 166 valence electrons. The first-order valence-electron chi connectivity index (χ1n) is 11.4. The predicted molar refractivity (Wildman–Crippen MR) is 129 cm³/mol. The van der Waals surface area contributed by atoms with Crippen LogP contribution >= 0.6 is 0 Å². The summed E-state index contributed by atoms with van der Waals surface area (Å²) in [5.41, 5.74) is 3.82. The van der Waals surface area contributed by atoms with Crippen LogP contribution in [0.1, 0.15) is 45.0 Å². The fourth-order valence-corrected chi connectivity index (χ4v) is 5.77. The summed E-state index contributed by atoms with van der Waals surface area (Å²) < 4.78 is 13.8. The summed E-state index contributed by atoms with van der Waals surface area (Å²) in [6.07, 6.45) is 0.182. The monoisotopic (exact) mass is 447 g/mol. The van der Waals surface area contributed by atoms with E-state index in [1.807, 2.05) is 83.8 Å². The summed E-state index contributed by atoms with van der Waals surface area (Å²) in [7, 11) is 0. The number of hydrogen-bond acceptors (Lipinski definition) is 2. The minimum atomic E-state index is -1.06. The number of para-hydroxylation sites is 1. The number of benzene rings is 4. The molecular weight excluding hydrogens is 425 g/mol. The molecule has 0 aromatic heterocycles. The molecule has 6 rings (SSSR count). The van der Waals surface area contributed by atoms with E-state index in [4.69, 9.17) is 0 Å². The van der Waals surface area contributed by atoms with Crippen LogP contribution in [0.3, 0.4) is 0 Å². The van der Waals surface area contributed by atoms with E-state index < -0.39 is 11.3 Å². The molecule has 1 spiro atoms. The Kier molecular flexibility index (Phi) is 4.70. The number of rotatable bonds is 3. The van der Waals surface area contributed by atoms with Crippen LogP contribution in [-0.4, -0.2) is 11.7 Å². The Balaban J connectivity index is 1.62. The van der Waals surface area contributed by atoms with Gasteiger partial charge in [0.15, 0.2) is 5.78 Å². The minimum absolute atomic E-state index is 0.00217. The second kappa shape index (κ2) is 7.77. The standard InChI is InChI=1S/C30H22FNO2/c31-22-16-14-21(15-17-22)26-18-28(33)23-10-4-5-11-24(23)30(26)25-12-6-7-13-27(25)32(29(30)34)19-20-8-2-1-3-9-20/h1-17,26H,18-19H2/t26-,30-/m0/s1.